The minimum absolute atomic E-state index is 0.0185. The van der Waals surface area contributed by atoms with Crippen LogP contribution in [0.15, 0.2) is 70.3 Å². The lowest BCUT2D eigenvalue weighted by Crippen LogP contribution is -2.34. The number of aliphatic hydroxyl groups is 1. The summed E-state index contributed by atoms with van der Waals surface area (Å²) < 4.78 is 5.73. The van der Waals surface area contributed by atoms with E-state index in [0.717, 1.165) is 25.0 Å². The Kier molecular flexibility index (Phi) is 6.51. The third-order valence-electron chi connectivity index (χ3n) is 6.15. The highest BCUT2D eigenvalue weighted by atomic mass is 16.3. The molecule has 1 amide bonds. The van der Waals surface area contributed by atoms with Crippen LogP contribution in [0.5, 0.6) is 5.75 Å². The average Bonchev–Trinajstić information content (AvgIpc) is 3.36. The number of rotatable bonds is 9. The van der Waals surface area contributed by atoms with Gasteiger partial charge in [0.15, 0.2) is 11.5 Å². The summed E-state index contributed by atoms with van der Waals surface area (Å²) in [6, 6.07) is 14.5. The number of Topliss-reactive ketones (excluding diaryl/α,β-unsaturated/α-hetero) is 1. The lowest BCUT2D eigenvalue weighted by Gasteiger charge is -2.28. The van der Waals surface area contributed by atoms with Gasteiger partial charge in [0.25, 0.3) is 5.91 Å². The van der Waals surface area contributed by atoms with Crippen molar-refractivity contribution in [3.63, 3.8) is 0 Å². The fraction of sp³-hybridized carbons (Fsp3) is 0.308. The number of para-hydroxylation sites is 1. The highest BCUT2D eigenvalue weighted by Gasteiger charge is 2.44. The largest absolute Gasteiger partial charge is 0.508 e. The third-order valence-corrected chi connectivity index (χ3v) is 6.15. The molecule has 0 spiro atoms. The molecule has 1 unspecified atom stereocenters. The summed E-state index contributed by atoms with van der Waals surface area (Å²) in [5, 5.41) is 21.6. The molecule has 2 N–H and O–H groups in total. The van der Waals surface area contributed by atoms with Gasteiger partial charge < -0.3 is 24.4 Å². The van der Waals surface area contributed by atoms with Crippen LogP contribution in [0.1, 0.15) is 42.4 Å². The van der Waals surface area contributed by atoms with Gasteiger partial charge in [0.2, 0.25) is 5.78 Å². The Balaban J connectivity index is 1.70. The van der Waals surface area contributed by atoms with Crippen molar-refractivity contribution < 1.29 is 24.2 Å². The predicted octanol–water partition coefficient (Wildman–Crippen LogP) is 4.45. The molecule has 33 heavy (non-hydrogen) atoms. The van der Waals surface area contributed by atoms with Crippen LogP contribution >= 0.6 is 0 Å². The smallest absolute Gasteiger partial charge is 0.290 e. The normalized spacial score (nSPS) is 16.4. The molecule has 4 rings (SSSR count). The lowest BCUT2D eigenvalue weighted by atomic mass is 9.94. The van der Waals surface area contributed by atoms with Crippen molar-refractivity contribution >= 4 is 22.7 Å². The molecule has 0 radical (unpaired) electrons. The first kappa shape index (κ1) is 22.6. The van der Waals surface area contributed by atoms with Crippen LogP contribution in [0.25, 0.3) is 11.0 Å². The number of hydrogen-bond donors (Lipinski definition) is 2. The summed E-state index contributed by atoms with van der Waals surface area (Å²) in [5.41, 5.74) is 1.07. The quantitative estimate of drug-likeness (QED) is 0.470. The molecule has 0 fully saturated rings. The first-order valence-electron chi connectivity index (χ1n) is 11.2. The molecule has 0 saturated heterocycles. The standard InChI is InChI=1S/C26H28N2O5/c1-3-27(4-2)13-8-14-28-23(18-10-7-11-19(29)15-18)22(25(31)26(28)32)24(30)21-16-17-9-5-6-12-20(17)33-21/h5-7,9-12,15-16,23,29,31H,3-4,8,13-14H2,1-2H3. The first-order valence-corrected chi connectivity index (χ1v) is 11.2. The number of aliphatic hydroxyl groups excluding tert-OH is 1. The van der Waals surface area contributed by atoms with Gasteiger partial charge in [-0.3, -0.25) is 9.59 Å². The second kappa shape index (κ2) is 9.50. The molecule has 1 aliphatic rings. The maximum atomic E-state index is 13.5. The number of aromatic hydroxyl groups is 1. The van der Waals surface area contributed by atoms with Crippen molar-refractivity contribution in [2.24, 2.45) is 0 Å². The van der Waals surface area contributed by atoms with Crippen LogP contribution in [0, 0.1) is 0 Å². The number of phenols is 1. The van der Waals surface area contributed by atoms with Gasteiger partial charge in [-0.25, -0.2) is 0 Å². The number of ketones is 1. The van der Waals surface area contributed by atoms with Crippen LogP contribution < -0.4 is 0 Å². The molecule has 1 aromatic heterocycles. The zero-order valence-corrected chi connectivity index (χ0v) is 18.8. The molecule has 0 bridgehead atoms. The molecule has 1 aliphatic heterocycles. The summed E-state index contributed by atoms with van der Waals surface area (Å²) in [6.45, 7) is 7.11. The number of phenolic OH excluding ortho intramolecular Hbond substituents is 1. The number of benzene rings is 2. The molecule has 0 saturated carbocycles. The van der Waals surface area contributed by atoms with Crippen molar-refractivity contribution in [2.75, 3.05) is 26.2 Å². The molecule has 7 heteroatoms. The number of nitrogens with zero attached hydrogens (tertiary/aromatic N) is 2. The number of furan rings is 1. The molecule has 172 valence electrons. The third kappa shape index (κ3) is 4.36. The summed E-state index contributed by atoms with van der Waals surface area (Å²) in [6.07, 6.45) is 0.683. The maximum Gasteiger partial charge on any atom is 0.290 e. The van der Waals surface area contributed by atoms with E-state index in [1.807, 2.05) is 18.2 Å². The molecule has 2 heterocycles. The fourth-order valence-corrected chi connectivity index (χ4v) is 4.39. The molecule has 3 aromatic rings. The van der Waals surface area contributed by atoms with E-state index in [1.165, 1.54) is 17.0 Å². The Morgan fingerprint density at radius 3 is 2.52 bits per heavy atom. The van der Waals surface area contributed by atoms with Crippen molar-refractivity contribution in [3.05, 3.63) is 77.3 Å². The van der Waals surface area contributed by atoms with E-state index in [-0.39, 0.29) is 17.1 Å². The van der Waals surface area contributed by atoms with Crippen LogP contribution in [0.4, 0.5) is 0 Å². The van der Waals surface area contributed by atoms with E-state index in [4.69, 9.17) is 4.42 Å². The molecule has 7 nitrogen and oxygen atoms in total. The molecular weight excluding hydrogens is 420 g/mol. The monoisotopic (exact) mass is 448 g/mol. The second-order valence-corrected chi connectivity index (χ2v) is 8.12. The van der Waals surface area contributed by atoms with Gasteiger partial charge in [-0.05, 0) is 55.9 Å². The van der Waals surface area contributed by atoms with Crippen LogP contribution in [-0.2, 0) is 4.79 Å². The van der Waals surface area contributed by atoms with E-state index in [0.29, 0.717) is 24.1 Å². The van der Waals surface area contributed by atoms with E-state index in [9.17, 15) is 19.8 Å². The second-order valence-electron chi connectivity index (χ2n) is 8.12. The summed E-state index contributed by atoms with van der Waals surface area (Å²) in [4.78, 5) is 30.3. The summed E-state index contributed by atoms with van der Waals surface area (Å²) in [5.74, 6) is -1.64. The Morgan fingerprint density at radius 1 is 1.06 bits per heavy atom. The van der Waals surface area contributed by atoms with Gasteiger partial charge in [0.05, 0.1) is 11.6 Å². The molecule has 1 atom stereocenters. The van der Waals surface area contributed by atoms with Crippen molar-refractivity contribution in [3.8, 4) is 5.75 Å². The van der Waals surface area contributed by atoms with Gasteiger partial charge in [-0.15, -0.1) is 0 Å². The molecule has 0 aliphatic carbocycles. The number of carbonyl (C=O) groups is 2. The van der Waals surface area contributed by atoms with Crippen molar-refractivity contribution in [1.82, 2.24) is 9.80 Å². The van der Waals surface area contributed by atoms with Crippen molar-refractivity contribution in [2.45, 2.75) is 26.3 Å². The van der Waals surface area contributed by atoms with E-state index in [1.54, 1.807) is 24.3 Å². The Morgan fingerprint density at radius 2 is 1.82 bits per heavy atom. The Hall–Kier alpha value is -3.58. The number of amides is 1. The lowest BCUT2D eigenvalue weighted by molar-refractivity contribution is -0.129. The van der Waals surface area contributed by atoms with Gasteiger partial charge >= 0.3 is 0 Å². The molecular formula is C26H28N2O5. The van der Waals surface area contributed by atoms with Gasteiger partial charge in [0, 0.05) is 11.9 Å². The minimum atomic E-state index is -0.818. The minimum Gasteiger partial charge on any atom is -0.508 e. The maximum absolute atomic E-state index is 13.5. The van der Waals surface area contributed by atoms with E-state index in [2.05, 4.69) is 18.7 Å². The average molecular weight is 449 g/mol. The number of carbonyl (C=O) groups excluding carboxylic acids is 2. The van der Waals surface area contributed by atoms with Crippen LogP contribution in [0.3, 0.4) is 0 Å². The highest BCUT2D eigenvalue weighted by Crippen LogP contribution is 2.40. The summed E-state index contributed by atoms with van der Waals surface area (Å²) >= 11 is 0. The zero-order chi connectivity index (χ0) is 23.5. The van der Waals surface area contributed by atoms with Gasteiger partial charge in [-0.1, -0.05) is 44.2 Å². The number of hydrogen-bond acceptors (Lipinski definition) is 6. The first-order chi connectivity index (χ1) is 15.9. The van der Waals surface area contributed by atoms with Crippen LogP contribution in [-0.4, -0.2) is 57.9 Å². The zero-order valence-electron chi connectivity index (χ0n) is 18.8. The van der Waals surface area contributed by atoms with Crippen LogP contribution in [0.2, 0.25) is 0 Å². The van der Waals surface area contributed by atoms with Crippen molar-refractivity contribution in [1.29, 1.82) is 0 Å². The SMILES string of the molecule is CCN(CC)CCCN1C(=O)C(O)=C(C(=O)c2cc3ccccc3o2)C1c1cccc(O)c1. The topological polar surface area (TPSA) is 94.2 Å². The summed E-state index contributed by atoms with van der Waals surface area (Å²) in [7, 11) is 0. The fourth-order valence-electron chi connectivity index (χ4n) is 4.39. The van der Waals surface area contributed by atoms with E-state index >= 15 is 0 Å². The highest BCUT2D eigenvalue weighted by molar-refractivity contribution is 6.16. The molecule has 2 aromatic carbocycles. The predicted molar refractivity (Wildman–Crippen MR) is 125 cm³/mol. The van der Waals surface area contributed by atoms with Gasteiger partial charge in [0.1, 0.15) is 11.3 Å². The number of fused-ring (bicyclic) bond motifs is 1. The Bertz CT molecular complexity index is 1180. The van der Waals surface area contributed by atoms with E-state index < -0.39 is 23.5 Å². The van der Waals surface area contributed by atoms with Gasteiger partial charge in [-0.2, -0.15) is 0 Å². The Labute approximate surface area is 192 Å².